The van der Waals surface area contributed by atoms with Crippen LogP contribution >= 0.6 is 0 Å². The predicted octanol–water partition coefficient (Wildman–Crippen LogP) is 12.5. The Bertz CT molecular complexity index is 616. The quantitative estimate of drug-likeness (QED) is 0.0459. The molecule has 0 saturated heterocycles. The molecular formula is C48H96KNO2. The summed E-state index contributed by atoms with van der Waals surface area (Å²) in [6.07, 6.45) is 56.1. The van der Waals surface area contributed by atoms with Crippen molar-refractivity contribution >= 4 is 5.97 Å². The van der Waals surface area contributed by atoms with Gasteiger partial charge in [-0.25, -0.2) is 0 Å². The smallest absolute Gasteiger partial charge is 0.550 e. The SMILES string of the molecule is CCCCCCCCCCCCCCCCCCCCCN(CCCCCCCCCCCCCCCCCCCCC)C(C)CCCC(=O)[O-].[K+]. The Kier molecular flexibility index (Phi) is 51.2. The van der Waals surface area contributed by atoms with E-state index in [4.69, 9.17) is 0 Å². The van der Waals surface area contributed by atoms with E-state index in [1.165, 1.54) is 257 Å². The normalized spacial score (nSPS) is 12.1. The Balaban J connectivity index is 0. The third kappa shape index (κ3) is 45.5. The number of unbranched alkanes of at least 4 members (excludes halogenated alkanes) is 36. The molecule has 52 heavy (non-hydrogen) atoms. The monoisotopic (exact) mass is 758 g/mol. The van der Waals surface area contributed by atoms with Crippen molar-refractivity contribution in [2.75, 3.05) is 13.1 Å². The maximum atomic E-state index is 10.9. The molecule has 0 spiro atoms. The fourth-order valence-corrected chi connectivity index (χ4v) is 8.06. The Hall–Kier alpha value is 1.07. The molecule has 0 aromatic carbocycles. The minimum atomic E-state index is -0.897. The van der Waals surface area contributed by atoms with Gasteiger partial charge in [-0.1, -0.05) is 245 Å². The molecular weight excluding hydrogens is 662 g/mol. The third-order valence-corrected chi connectivity index (χ3v) is 11.7. The van der Waals surface area contributed by atoms with Crippen LogP contribution in [0.4, 0.5) is 0 Å². The van der Waals surface area contributed by atoms with Crippen LogP contribution in [0.15, 0.2) is 0 Å². The zero-order valence-electron chi connectivity index (χ0n) is 36.7. The van der Waals surface area contributed by atoms with Gasteiger partial charge >= 0.3 is 51.4 Å². The second-order valence-electron chi connectivity index (χ2n) is 16.9. The van der Waals surface area contributed by atoms with E-state index in [0.29, 0.717) is 6.04 Å². The molecule has 0 N–H and O–H groups in total. The number of carbonyl (C=O) groups excluding carboxylic acids is 1. The first-order valence-electron chi connectivity index (χ1n) is 24.1. The summed E-state index contributed by atoms with van der Waals surface area (Å²) in [7, 11) is 0. The van der Waals surface area contributed by atoms with E-state index in [0.717, 1.165) is 12.8 Å². The molecule has 0 aliphatic rings. The Morgan fingerprint density at radius 3 is 0.808 bits per heavy atom. The van der Waals surface area contributed by atoms with Gasteiger partial charge < -0.3 is 14.8 Å². The number of rotatable bonds is 45. The van der Waals surface area contributed by atoms with E-state index in [9.17, 15) is 9.90 Å². The number of carbonyl (C=O) groups is 1. The summed E-state index contributed by atoms with van der Waals surface area (Å²) in [6, 6.07) is 0.482. The molecule has 0 rings (SSSR count). The predicted molar refractivity (Wildman–Crippen MR) is 227 cm³/mol. The summed E-state index contributed by atoms with van der Waals surface area (Å²) in [5.74, 6) is -0.897. The average molecular weight is 758 g/mol. The van der Waals surface area contributed by atoms with Crippen molar-refractivity contribution in [2.24, 2.45) is 0 Å². The van der Waals surface area contributed by atoms with Crippen LogP contribution < -0.4 is 56.5 Å². The van der Waals surface area contributed by atoms with Crippen LogP contribution in [-0.2, 0) is 4.79 Å². The zero-order chi connectivity index (χ0) is 37.1. The molecule has 0 heterocycles. The second-order valence-corrected chi connectivity index (χ2v) is 16.9. The van der Waals surface area contributed by atoms with Crippen LogP contribution in [0.5, 0.6) is 0 Å². The number of hydrogen-bond donors (Lipinski definition) is 0. The fourth-order valence-electron chi connectivity index (χ4n) is 8.06. The molecule has 0 saturated carbocycles. The molecule has 1 unspecified atom stereocenters. The topological polar surface area (TPSA) is 43.4 Å². The summed E-state index contributed by atoms with van der Waals surface area (Å²) in [6.45, 7) is 9.29. The molecule has 0 aromatic rings. The maximum absolute atomic E-state index is 10.9. The molecule has 0 amide bonds. The van der Waals surface area contributed by atoms with Crippen molar-refractivity contribution in [1.82, 2.24) is 4.90 Å². The zero-order valence-corrected chi connectivity index (χ0v) is 39.9. The number of aliphatic carboxylic acids is 1. The van der Waals surface area contributed by atoms with E-state index in [1.54, 1.807) is 0 Å². The van der Waals surface area contributed by atoms with Crippen LogP contribution in [0, 0.1) is 0 Å². The third-order valence-electron chi connectivity index (χ3n) is 11.7. The van der Waals surface area contributed by atoms with Crippen molar-refractivity contribution in [2.45, 2.75) is 290 Å². The van der Waals surface area contributed by atoms with E-state index >= 15 is 0 Å². The first-order valence-corrected chi connectivity index (χ1v) is 24.1. The maximum Gasteiger partial charge on any atom is 1.00 e. The van der Waals surface area contributed by atoms with Gasteiger partial charge in [0.1, 0.15) is 0 Å². The number of carboxylic acids is 1. The van der Waals surface area contributed by atoms with E-state index in [2.05, 4.69) is 25.7 Å². The average Bonchev–Trinajstić information content (AvgIpc) is 3.12. The largest absolute Gasteiger partial charge is 1.00 e. The Morgan fingerprint density at radius 2 is 0.596 bits per heavy atom. The van der Waals surface area contributed by atoms with Gasteiger partial charge in [-0.15, -0.1) is 0 Å². The molecule has 0 aliphatic carbocycles. The molecule has 1 atom stereocenters. The Morgan fingerprint density at radius 1 is 0.385 bits per heavy atom. The molecule has 3 nitrogen and oxygen atoms in total. The number of hydrogen-bond acceptors (Lipinski definition) is 3. The molecule has 0 aromatic heterocycles. The van der Waals surface area contributed by atoms with Gasteiger partial charge in [0, 0.05) is 12.0 Å². The molecule has 4 heteroatoms. The molecule has 0 aliphatic heterocycles. The minimum Gasteiger partial charge on any atom is -0.550 e. The molecule has 306 valence electrons. The van der Waals surface area contributed by atoms with Crippen LogP contribution in [-0.4, -0.2) is 30.0 Å². The summed E-state index contributed by atoms with van der Waals surface area (Å²) in [5.41, 5.74) is 0. The Labute approximate surface area is 372 Å². The molecule has 0 bridgehead atoms. The summed E-state index contributed by atoms with van der Waals surface area (Å²) < 4.78 is 0. The van der Waals surface area contributed by atoms with Crippen LogP contribution in [0.3, 0.4) is 0 Å². The van der Waals surface area contributed by atoms with Crippen LogP contribution in [0.25, 0.3) is 0 Å². The van der Waals surface area contributed by atoms with Gasteiger partial charge in [-0.05, 0) is 52.1 Å². The van der Waals surface area contributed by atoms with E-state index in [-0.39, 0.29) is 57.8 Å². The van der Waals surface area contributed by atoms with Gasteiger partial charge in [0.05, 0.1) is 0 Å². The number of carboxylic acid groups (broad SMARTS) is 1. The van der Waals surface area contributed by atoms with E-state index < -0.39 is 5.97 Å². The standard InChI is InChI=1S/C48H97NO2.K/c1-4-6-8-10-12-14-16-18-20-22-24-26-28-30-32-34-36-38-40-45-49(47(3)43-42-44-48(50)51)46-41-39-37-35-33-31-29-27-25-23-21-19-17-15-13-11-9-7-5-2;/h47H,4-46H2,1-3H3,(H,50,51);/q;+1/p-1. The van der Waals surface area contributed by atoms with Gasteiger partial charge in [0.15, 0.2) is 0 Å². The van der Waals surface area contributed by atoms with Crippen molar-refractivity contribution in [3.8, 4) is 0 Å². The van der Waals surface area contributed by atoms with Gasteiger partial charge in [0.2, 0.25) is 0 Å². The fraction of sp³-hybridized carbons (Fsp3) is 0.979. The van der Waals surface area contributed by atoms with Crippen LogP contribution in [0.1, 0.15) is 284 Å². The molecule has 0 radical (unpaired) electrons. The van der Waals surface area contributed by atoms with Crippen molar-refractivity contribution in [3.05, 3.63) is 0 Å². The minimum absolute atomic E-state index is 0. The summed E-state index contributed by atoms with van der Waals surface area (Å²) in [4.78, 5) is 13.6. The number of nitrogens with zero attached hydrogens (tertiary/aromatic N) is 1. The summed E-state index contributed by atoms with van der Waals surface area (Å²) in [5, 5.41) is 10.9. The second kappa shape index (κ2) is 48.2. The molecule has 0 fully saturated rings. The van der Waals surface area contributed by atoms with Gasteiger partial charge in [0.25, 0.3) is 0 Å². The van der Waals surface area contributed by atoms with Crippen molar-refractivity contribution in [3.63, 3.8) is 0 Å². The van der Waals surface area contributed by atoms with Gasteiger partial charge in [-0.3, -0.25) is 0 Å². The van der Waals surface area contributed by atoms with Crippen LogP contribution in [0.2, 0.25) is 0 Å². The first kappa shape index (κ1) is 55.2. The first-order chi connectivity index (χ1) is 25.1. The van der Waals surface area contributed by atoms with Gasteiger partial charge in [-0.2, -0.15) is 0 Å². The van der Waals surface area contributed by atoms with Crippen molar-refractivity contribution < 1.29 is 61.3 Å². The van der Waals surface area contributed by atoms with E-state index in [1.807, 2.05) is 0 Å². The summed E-state index contributed by atoms with van der Waals surface area (Å²) >= 11 is 0. The van der Waals surface area contributed by atoms with Crippen molar-refractivity contribution in [1.29, 1.82) is 0 Å².